The quantitative estimate of drug-likeness (QED) is 0.850. The Labute approximate surface area is 104 Å². The standard InChI is InChI=1S/C12H15N3O3/c1-8(2)15-5-3-10(14-15)13-7-9-4-6-18-11(9)12(16)17/h3-6,8H,7H2,1-2H3,(H,13,14)(H,16,17). The lowest BCUT2D eigenvalue weighted by atomic mass is 10.2. The number of carboxylic acids is 1. The molecule has 6 heteroatoms. The molecule has 18 heavy (non-hydrogen) atoms. The van der Waals surface area contributed by atoms with Crippen LogP contribution in [0.3, 0.4) is 0 Å². The highest BCUT2D eigenvalue weighted by Gasteiger charge is 2.13. The summed E-state index contributed by atoms with van der Waals surface area (Å²) in [6, 6.07) is 3.78. The number of anilines is 1. The highest BCUT2D eigenvalue weighted by atomic mass is 16.4. The zero-order valence-electron chi connectivity index (χ0n) is 10.3. The Kier molecular flexibility index (Phi) is 3.36. The van der Waals surface area contributed by atoms with E-state index in [1.165, 1.54) is 6.26 Å². The molecule has 0 atom stereocenters. The van der Waals surface area contributed by atoms with Crippen molar-refractivity contribution in [2.24, 2.45) is 0 Å². The maximum absolute atomic E-state index is 10.8. The monoisotopic (exact) mass is 249 g/mol. The Hall–Kier alpha value is -2.24. The van der Waals surface area contributed by atoms with Crippen LogP contribution in [0.2, 0.25) is 0 Å². The summed E-state index contributed by atoms with van der Waals surface area (Å²) in [5.74, 6) is -0.392. The minimum atomic E-state index is -1.07. The Morgan fingerprint density at radius 3 is 2.94 bits per heavy atom. The summed E-state index contributed by atoms with van der Waals surface area (Å²) in [6.45, 7) is 4.44. The van der Waals surface area contributed by atoms with Gasteiger partial charge in [0.2, 0.25) is 5.76 Å². The lowest BCUT2D eigenvalue weighted by Gasteiger charge is -2.04. The summed E-state index contributed by atoms with van der Waals surface area (Å²) in [6.07, 6.45) is 3.24. The molecule has 2 rings (SSSR count). The minimum Gasteiger partial charge on any atom is -0.475 e. The number of carboxylic acid groups (broad SMARTS) is 1. The van der Waals surface area contributed by atoms with Crippen LogP contribution >= 0.6 is 0 Å². The van der Waals surface area contributed by atoms with E-state index in [-0.39, 0.29) is 5.76 Å². The zero-order chi connectivity index (χ0) is 13.1. The third-order valence-electron chi connectivity index (χ3n) is 2.54. The fourth-order valence-corrected chi connectivity index (χ4v) is 1.57. The largest absolute Gasteiger partial charge is 0.475 e. The molecule has 2 heterocycles. The van der Waals surface area contributed by atoms with Crippen LogP contribution in [0.4, 0.5) is 5.82 Å². The molecule has 6 nitrogen and oxygen atoms in total. The third-order valence-corrected chi connectivity index (χ3v) is 2.54. The van der Waals surface area contributed by atoms with Crippen LogP contribution in [0.5, 0.6) is 0 Å². The van der Waals surface area contributed by atoms with Gasteiger partial charge < -0.3 is 14.8 Å². The lowest BCUT2D eigenvalue weighted by molar-refractivity contribution is 0.0661. The van der Waals surface area contributed by atoms with Gasteiger partial charge in [0, 0.05) is 30.4 Å². The van der Waals surface area contributed by atoms with Crippen LogP contribution < -0.4 is 5.32 Å². The lowest BCUT2D eigenvalue weighted by Crippen LogP contribution is -2.06. The highest BCUT2D eigenvalue weighted by Crippen LogP contribution is 2.14. The molecule has 0 unspecified atom stereocenters. The first-order valence-corrected chi connectivity index (χ1v) is 5.66. The molecule has 0 aromatic carbocycles. The van der Waals surface area contributed by atoms with E-state index in [9.17, 15) is 4.79 Å². The van der Waals surface area contributed by atoms with Crippen molar-refractivity contribution in [3.05, 3.63) is 35.9 Å². The van der Waals surface area contributed by atoms with Crippen molar-refractivity contribution in [1.29, 1.82) is 0 Å². The van der Waals surface area contributed by atoms with E-state index in [0.29, 0.717) is 24.0 Å². The van der Waals surface area contributed by atoms with Gasteiger partial charge in [0.05, 0.1) is 6.26 Å². The second kappa shape index (κ2) is 4.95. The van der Waals surface area contributed by atoms with Crippen LogP contribution in [-0.2, 0) is 6.54 Å². The molecular weight excluding hydrogens is 234 g/mol. The fourth-order valence-electron chi connectivity index (χ4n) is 1.57. The molecule has 0 saturated heterocycles. The van der Waals surface area contributed by atoms with E-state index in [0.717, 1.165) is 0 Å². The molecule has 0 aliphatic heterocycles. The summed E-state index contributed by atoms with van der Waals surface area (Å²) >= 11 is 0. The van der Waals surface area contributed by atoms with Gasteiger partial charge in [-0.05, 0) is 19.9 Å². The van der Waals surface area contributed by atoms with Crippen molar-refractivity contribution in [2.45, 2.75) is 26.4 Å². The number of furan rings is 1. The Morgan fingerprint density at radius 2 is 2.33 bits per heavy atom. The van der Waals surface area contributed by atoms with E-state index in [1.54, 1.807) is 6.07 Å². The van der Waals surface area contributed by atoms with E-state index >= 15 is 0 Å². The molecule has 0 aliphatic carbocycles. The molecule has 0 bridgehead atoms. The Morgan fingerprint density at radius 1 is 1.56 bits per heavy atom. The van der Waals surface area contributed by atoms with E-state index in [1.807, 2.05) is 30.8 Å². The maximum atomic E-state index is 10.8. The molecule has 0 aliphatic rings. The van der Waals surface area contributed by atoms with Crippen molar-refractivity contribution < 1.29 is 14.3 Å². The first kappa shape index (κ1) is 12.2. The van der Waals surface area contributed by atoms with Gasteiger partial charge in [0.25, 0.3) is 0 Å². The second-order valence-corrected chi connectivity index (χ2v) is 4.21. The van der Waals surface area contributed by atoms with Crippen molar-refractivity contribution in [2.75, 3.05) is 5.32 Å². The molecule has 96 valence electrons. The first-order chi connectivity index (χ1) is 8.58. The number of nitrogens with one attached hydrogen (secondary N) is 1. The number of aromatic nitrogens is 2. The van der Waals surface area contributed by atoms with Crippen molar-refractivity contribution in [3.63, 3.8) is 0 Å². The van der Waals surface area contributed by atoms with Crippen molar-refractivity contribution >= 4 is 11.8 Å². The van der Waals surface area contributed by atoms with Gasteiger partial charge in [0.1, 0.15) is 5.82 Å². The van der Waals surface area contributed by atoms with Gasteiger partial charge in [-0.25, -0.2) is 4.79 Å². The smallest absolute Gasteiger partial charge is 0.372 e. The van der Waals surface area contributed by atoms with Crippen LogP contribution in [-0.4, -0.2) is 20.9 Å². The van der Waals surface area contributed by atoms with Gasteiger partial charge in [-0.2, -0.15) is 5.10 Å². The molecular formula is C12H15N3O3. The van der Waals surface area contributed by atoms with Crippen molar-refractivity contribution in [1.82, 2.24) is 9.78 Å². The van der Waals surface area contributed by atoms with E-state index < -0.39 is 5.97 Å². The number of rotatable bonds is 5. The topological polar surface area (TPSA) is 80.3 Å². The first-order valence-electron chi connectivity index (χ1n) is 5.66. The number of nitrogens with zero attached hydrogens (tertiary/aromatic N) is 2. The predicted octanol–water partition coefficient (Wildman–Crippen LogP) is 2.37. The van der Waals surface area contributed by atoms with Gasteiger partial charge in [-0.15, -0.1) is 0 Å². The summed E-state index contributed by atoms with van der Waals surface area (Å²) in [7, 11) is 0. The van der Waals surface area contributed by atoms with Crippen LogP contribution in [0.15, 0.2) is 29.0 Å². The molecule has 0 radical (unpaired) electrons. The van der Waals surface area contributed by atoms with Gasteiger partial charge in [-0.3, -0.25) is 4.68 Å². The number of hydrogen-bond donors (Lipinski definition) is 2. The Bertz CT molecular complexity index is 542. The normalized spacial score (nSPS) is 10.8. The molecule has 2 aromatic rings. The van der Waals surface area contributed by atoms with Gasteiger partial charge in [-0.1, -0.05) is 0 Å². The highest BCUT2D eigenvalue weighted by molar-refractivity contribution is 5.86. The fraction of sp³-hybridized carbons (Fsp3) is 0.333. The summed E-state index contributed by atoms with van der Waals surface area (Å²) < 4.78 is 6.72. The summed E-state index contributed by atoms with van der Waals surface area (Å²) in [4.78, 5) is 10.8. The molecule has 0 amide bonds. The molecule has 2 aromatic heterocycles. The average molecular weight is 249 g/mol. The second-order valence-electron chi connectivity index (χ2n) is 4.21. The van der Waals surface area contributed by atoms with E-state index in [2.05, 4.69) is 10.4 Å². The van der Waals surface area contributed by atoms with Crippen LogP contribution in [0.25, 0.3) is 0 Å². The summed E-state index contributed by atoms with van der Waals surface area (Å²) in [5, 5.41) is 16.3. The summed E-state index contributed by atoms with van der Waals surface area (Å²) in [5.41, 5.74) is 0.599. The van der Waals surface area contributed by atoms with Crippen LogP contribution in [0, 0.1) is 0 Å². The number of aromatic carboxylic acids is 1. The molecule has 0 spiro atoms. The predicted molar refractivity (Wildman–Crippen MR) is 65.6 cm³/mol. The van der Waals surface area contributed by atoms with Crippen LogP contribution in [0.1, 0.15) is 36.0 Å². The average Bonchev–Trinajstić information content (AvgIpc) is 2.95. The van der Waals surface area contributed by atoms with Gasteiger partial charge >= 0.3 is 5.97 Å². The van der Waals surface area contributed by atoms with Gasteiger partial charge in [0.15, 0.2) is 0 Å². The zero-order valence-corrected chi connectivity index (χ0v) is 10.3. The maximum Gasteiger partial charge on any atom is 0.372 e. The Balaban J connectivity index is 2.02. The molecule has 0 saturated carbocycles. The number of carbonyl (C=O) groups is 1. The third kappa shape index (κ3) is 2.53. The number of hydrogen-bond acceptors (Lipinski definition) is 4. The SMILES string of the molecule is CC(C)n1ccc(NCc2ccoc2C(=O)O)n1. The molecule has 0 fully saturated rings. The van der Waals surface area contributed by atoms with E-state index in [4.69, 9.17) is 9.52 Å². The van der Waals surface area contributed by atoms with Crippen molar-refractivity contribution in [3.8, 4) is 0 Å². The minimum absolute atomic E-state index is 0.0363. The molecule has 2 N–H and O–H groups in total.